The molecule has 82 valence electrons. The van der Waals surface area contributed by atoms with Crippen LogP contribution < -0.4 is 5.32 Å². The molecule has 0 aromatic rings. The molecule has 2 heterocycles. The van der Waals surface area contributed by atoms with Crippen LogP contribution in [-0.2, 0) is 4.74 Å². The minimum Gasteiger partial charge on any atom is -0.390 e. The highest BCUT2D eigenvalue weighted by Crippen LogP contribution is 2.17. The topological polar surface area (TPSA) is 44.7 Å². The highest BCUT2D eigenvalue weighted by atomic mass is 16.5. The molecular formula is C10H20N2O2. The van der Waals surface area contributed by atoms with Crippen molar-refractivity contribution in [3.63, 3.8) is 0 Å². The smallest absolute Gasteiger partial charge is 0.0831 e. The van der Waals surface area contributed by atoms with E-state index in [-0.39, 0.29) is 24.4 Å². The zero-order chi connectivity index (χ0) is 10.1. The Morgan fingerprint density at radius 3 is 2.36 bits per heavy atom. The molecule has 2 saturated heterocycles. The second-order valence-electron chi connectivity index (χ2n) is 4.50. The monoisotopic (exact) mass is 200 g/mol. The van der Waals surface area contributed by atoms with Gasteiger partial charge in [-0.15, -0.1) is 0 Å². The predicted molar refractivity (Wildman–Crippen MR) is 54.2 cm³/mol. The number of rotatable bonds is 1. The van der Waals surface area contributed by atoms with Crippen LogP contribution in [0.4, 0.5) is 0 Å². The average molecular weight is 200 g/mol. The van der Waals surface area contributed by atoms with E-state index in [4.69, 9.17) is 4.74 Å². The third-order valence-electron chi connectivity index (χ3n) is 3.07. The Kier molecular flexibility index (Phi) is 3.07. The second-order valence-corrected chi connectivity index (χ2v) is 4.50. The molecular weight excluding hydrogens is 180 g/mol. The molecule has 0 spiro atoms. The third kappa shape index (κ3) is 2.08. The predicted octanol–water partition coefficient (Wildman–Crippen LogP) is -0.572. The van der Waals surface area contributed by atoms with Crippen molar-refractivity contribution in [1.82, 2.24) is 10.2 Å². The van der Waals surface area contributed by atoms with Gasteiger partial charge in [-0.1, -0.05) is 0 Å². The highest BCUT2D eigenvalue weighted by Gasteiger charge is 2.34. The molecule has 0 amide bonds. The van der Waals surface area contributed by atoms with Gasteiger partial charge in [0, 0.05) is 32.2 Å². The summed E-state index contributed by atoms with van der Waals surface area (Å²) < 4.78 is 5.67. The number of ether oxygens (including phenoxy) is 1. The first-order chi connectivity index (χ1) is 6.66. The average Bonchev–Trinajstić information content (AvgIpc) is 2.49. The van der Waals surface area contributed by atoms with E-state index in [1.807, 2.05) is 0 Å². The first-order valence-electron chi connectivity index (χ1n) is 5.45. The summed E-state index contributed by atoms with van der Waals surface area (Å²) in [7, 11) is 0. The van der Waals surface area contributed by atoms with Gasteiger partial charge in [0.15, 0.2) is 0 Å². The summed E-state index contributed by atoms with van der Waals surface area (Å²) in [5, 5.41) is 13.0. The number of aliphatic hydroxyl groups excluding tert-OH is 1. The molecule has 2 fully saturated rings. The maximum absolute atomic E-state index is 9.77. The van der Waals surface area contributed by atoms with Crippen LogP contribution in [0.3, 0.4) is 0 Å². The maximum atomic E-state index is 9.77. The van der Waals surface area contributed by atoms with E-state index in [2.05, 4.69) is 24.1 Å². The van der Waals surface area contributed by atoms with Crippen LogP contribution in [0.5, 0.6) is 0 Å². The Morgan fingerprint density at radius 1 is 1.21 bits per heavy atom. The molecule has 0 aliphatic carbocycles. The quantitative estimate of drug-likeness (QED) is 0.595. The number of β-amino-alcohol motifs (C(OH)–C–C–N with tert-alkyl or cyclic N) is 1. The first kappa shape index (κ1) is 10.4. The van der Waals surface area contributed by atoms with Crippen LogP contribution in [0.2, 0.25) is 0 Å². The lowest BCUT2D eigenvalue weighted by Crippen LogP contribution is -2.53. The van der Waals surface area contributed by atoms with E-state index in [0.29, 0.717) is 0 Å². The largest absolute Gasteiger partial charge is 0.390 e. The fourth-order valence-electron chi connectivity index (χ4n) is 2.51. The Labute approximate surface area is 85.2 Å². The van der Waals surface area contributed by atoms with Crippen LogP contribution in [0.1, 0.15) is 13.8 Å². The number of aliphatic hydroxyl groups is 1. The summed E-state index contributed by atoms with van der Waals surface area (Å²) in [5.74, 6) is 0. The van der Waals surface area contributed by atoms with Crippen molar-refractivity contribution in [3.05, 3.63) is 0 Å². The molecule has 4 heteroatoms. The Morgan fingerprint density at radius 2 is 1.86 bits per heavy atom. The van der Waals surface area contributed by atoms with Gasteiger partial charge in [0.05, 0.1) is 18.3 Å². The van der Waals surface area contributed by atoms with Crippen molar-refractivity contribution >= 4 is 0 Å². The molecule has 2 aliphatic heterocycles. The SMILES string of the molecule is C[C@@H]1CN(C2CNCC2O)C[C@H](C)O1. The van der Waals surface area contributed by atoms with Gasteiger partial charge in [-0.3, -0.25) is 4.90 Å². The minimum absolute atomic E-state index is 0.215. The molecule has 0 saturated carbocycles. The van der Waals surface area contributed by atoms with Gasteiger partial charge in [-0.05, 0) is 13.8 Å². The van der Waals surface area contributed by atoms with E-state index in [1.165, 1.54) is 0 Å². The van der Waals surface area contributed by atoms with E-state index in [9.17, 15) is 5.11 Å². The van der Waals surface area contributed by atoms with Crippen molar-refractivity contribution in [1.29, 1.82) is 0 Å². The third-order valence-corrected chi connectivity index (χ3v) is 3.07. The van der Waals surface area contributed by atoms with Crippen molar-refractivity contribution in [3.8, 4) is 0 Å². The number of hydrogen-bond acceptors (Lipinski definition) is 4. The molecule has 0 bridgehead atoms. The van der Waals surface area contributed by atoms with E-state index in [1.54, 1.807) is 0 Å². The van der Waals surface area contributed by atoms with E-state index < -0.39 is 0 Å². The lowest BCUT2D eigenvalue weighted by Gasteiger charge is -2.39. The van der Waals surface area contributed by atoms with Gasteiger partial charge in [-0.25, -0.2) is 0 Å². The summed E-state index contributed by atoms with van der Waals surface area (Å²) in [6.07, 6.45) is 0.352. The summed E-state index contributed by atoms with van der Waals surface area (Å²) in [6.45, 7) is 7.70. The van der Waals surface area contributed by atoms with E-state index >= 15 is 0 Å². The number of nitrogens with one attached hydrogen (secondary N) is 1. The fraction of sp³-hybridized carbons (Fsp3) is 1.00. The number of nitrogens with zero attached hydrogens (tertiary/aromatic N) is 1. The summed E-state index contributed by atoms with van der Waals surface area (Å²) in [4.78, 5) is 2.35. The molecule has 2 rings (SSSR count). The van der Waals surface area contributed by atoms with Gasteiger partial charge in [0.2, 0.25) is 0 Å². The van der Waals surface area contributed by atoms with Crippen LogP contribution >= 0.6 is 0 Å². The Hall–Kier alpha value is -0.160. The summed E-state index contributed by atoms with van der Waals surface area (Å²) in [5.41, 5.74) is 0. The van der Waals surface area contributed by atoms with Gasteiger partial charge < -0.3 is 15.2 Å². The van der Waals surface area contributed by atoms with E-state index in [0.717, 1.165) is 26.2 Å². The zero-order valence-electron chi connectivity index (χ0n) is 8.94. The minimum atomic E-state index is -0.215. The summed E-state index contributed by atoms with van der Waals surface area (Å²) in [6, 6.07) is 0.281. The molecule has 4 nitrogen and oxygen atoms in total. The molecule has 0 aromatic heterocycles. The zero-order valence-corrected chi connectivity index (χ0v) is 8.94. The second kappa shape index (κ2) is 4.14. The van der Waals surface area contributed by atoms with Crippen molar-refractivity contribution in [2.24, 2.45) is 0 Å². The maximum Gasteiger partial charge on any atom is 0.0831 e. The molecule has 0 aromatic carbocycles. The Bertz CT molecular complexity index is 191. The highest BCUT2D eigenvalue weighted by molar-refractivity contribution is 4.91. The van der Waals surface area contributed by atoms with Gasteiger partial charge in [0.25, 0.3) is 0 Å². The Balaban J connectivity index is 1.95. The number of morpholine rings is 1. The molecule has 14 heavy (non-hydrogen) atoms. The van der Waals surface area contributed by atoms with Crippen molar-refractivity contribution in [2.75, 3.05) is 26.2 Å². The normalized spacial score (nSPS) is 45.6. The summed E-state index contributed by atoms with van der Waals surface area (Å²) >= 11 is 0. The van der Waals surface area contributed by atoms with Gasteiger partial charge in [-0.2, -0.15) is 0 Å². The molecule has 2 unspecified atom stereocenters. The fourth-order valence-corrected chi connectivity index (χ4v) is 2.51. The standard InChI is InChI=1S/C10H20N2O2/c1-7-5-12(6-8(2)14-7)9-3-11-4-10(9)13/h7-11,13H,3-6H2,1-2H3/t7-,8+,9?,10?. The van der Waals surface area contributed by atoms with Gasteiger partial charge in [0.1, 0.15) is 0 Å². The van der Waals surface area contributed by atoms with Crippen molar-refractivity contribution in [2.45, 2.75) is 38.2 Å². The lowest BCUT2D eigenvalue weighted by molar-refractivity contribution is -0.0886. The number of hydrogen-bond donors (Lipinski definition) is 2. The van der Waals surface area contributed by atoms with Gasteiger partial charge >= 0.3 is 0 Å². The molecule has 0 radical (unpaired) electrons. The van der Waals surface area contributed by atoms with Crippen LogP contribution in [-0.4, -0.2) is 60.5 Å². The van der Waals surface area contributed by atoms with Crippen LogP contribution in [0, 0.1) is 0 Å². The molecule has 4 atom stereocenters. The van der Waals surface area contributed by atoms with Crippen LogP contribution in [0.15, 0.2) is 0 Å². The lowest BCUT2D eigenvalue weighted by atomic mass is 10.1. The molecule has 2 N–H and O–H groups in total. The first-order valence-corrected chi connectivity index (χ1v) is 5.45. The van der Waals surface area contributed by atoms with Crippen LogP contribution in [0.25, 0.3) is 0 Å². The molecule has 2 aliphatic rings. The van der Waals surface area contributed by atoms with Crippen molar-refractivity contribution < 1.29 is 9.84 Å².